The van der Waals surface area contributed by atoms with E-state index < -0.39 is 6.10 Å². The van der Waals surface area contributed by atoms with E-state index in [-0.39, 0.29) is 12.0 Å². The van der Waals surface area contributed by atoms with Crippen molar-refractivity contribution in [1.29, 1.82) is 0 Å². The van der Waals surface area contributed by atoms with E-state index in [2.05, 4.69) is 0 Å². The monoisotopic (exact) mass is 300 g/mol. The Labute approximate surface area is 132 Å². The van der Waals surface area contributed by atoms with Gasteiger partial charge in [-0.15, -0.1) is 0 Å². The quantitative estimate of drug-likeness (QED) is 0.874. The molecule has 1 N–H and O–H groups in total. The summed E-state index contributed by atoms with van der Waals surface area (Å²) in [6.07, 6.45) is -0.499. The molecule has 0 unspecified atom stereocenters. The van der Waals surface area contributed by atoms with Gasteiger partial charge in [0.15, 0.2) is 0 Å². The average Bonchev–Trinajstić information content (AvgIpc) is 2.51. The first-order valence-corrected chi connectivity index (χ1v) is 7.53. The lowest BCUT2D eigenvalue weighted by Gasteiger charge is -2.25. The molecule has 2 rings (SSSR count). The van der Waals surface area contributed by atoms with Crippen LogP contribution in [-0.4, -0.2) is 17.8 Å². The van der Waals surface area contributed by atoms with Crippen molar-refractivity contribution in [3.05, 3.63) is 60.2 Å². The van der Waals surface area contributed by atoms with Crippen LogP contribution in [0.15, 0.2) is 54.6 Å². The highest BCUT2D eigenvalue weighted by Crippen LogP contribution is 2.22. The van der Waals surface area contributed by atoms with E-state index in [0.717, 1.165) is 17.1 Å². The van der Waals surface area contributed by atoms with E-state index in [9.17, 15) is 5.11 Å². The maximum atomic E-state index is 9.96. The van der Waals surface area contributed by atoms with Crippen molar-refractivity contribution in [3.8, 4) is 11.5 Å². The Kier molecular flexibility index (Phi) is 5.45. The van der Waals surface area contributed by atoms with Crippen LogP contribution in [0, 0.1) is 5.41 Å². The van der Waals surface area contributed by atoms with E-state index in [1.54, 1.807) is 0 Å². The van der Waals surface area contributed by atoms with Crippen molar-refractivity contribution in [2.24, 2.45) is 5.41 Å². The molecule has 0 spiro atoms. The highest BCUT2D eigenvalue weighted by molar-refractivity contribution is 5.31. The molecule has 0 aromatic heterocycles. The van der Waals surface area contributed by atoms with Crippen LogP contribution in [0.3, 0.4) is 0 Å². The summed E-state index contributed by atoms with van der Waals surface area (Å²) < 4.78 is 11.3. The lowest BCUT2D eigenvalue weighted by molar-refractivity contribution is 0.0218. The van der Waals surface area contributed by atoms with Gasteiger partial charge in [0.2, 0.25) is 0 Å². The zero-order valence-corrected chi connectivity index (χ0v) is 13.5. The average molecular weight is 300 g/mol. The van der Waals surface area contributed by atoms with Gasteiger partial charge in [-0.05, 0) is 35.2 Å². The number of benzene rings is 2. The Morgan fingerprint density at radius 2 is 1.41 bits per heavy atom. The smallest absolute Gasteiger partial charge is 0.120 e. The Balaban J connectivity index is 1.83. The second-order valence-electron chi connectivity index (χ2n) is 6.44. The zero-order chi connectivity index (χ0) is 16.0. The summed E-state index contributed by atoms with van der Waals surface area (Å²) in [4.78, 5) is 0. The first-order chi connectivity index (χ1) is 10.4. The summed E-state index contributed by atoms with van der Waals surface area (Å²) in [7, 11) is 0. The first-order valence-electron chi connectivity index (χ1n) is 7.53. The van der Waals surface area contributed by atoms with Crippen LogP contribution in [0.2, 0.25) is 0 Å². The molecule has 0 heterocycles. The van der Waals surface area contributed by atoms with Crippen molar-refractivity contribution < 1.29 is 14.6 Å². The molecule has 3 heteroatoms. The van der Waals surface area contributed by atoms with Gasteiger partial charge >= 0.3 is 0 Å². The minimum Gasteiger partial charge on any atom is -0.491 e. The van der Waals surface area contributed by atoms with E-state index >= 15 is 0 Å². The number of aliphatic hydroxyl groups is 1. The number of hydrogen-bond donors (Lipinski definition) is 1. The molecule has 1 atom stereocenters. The number of hydrogen-bond acceptors (Lipinski definition) is 3. The molecule has 118 valence electrons. The summed E-state index contributed by atoms with van der Waals surface area (Å²) in [5.74, 6) is 1.53. The topological polar surface area (TPSA) is 38.7 Å². The lowest BCUT2D eigenvalue weighted by Crippen LogP contribution is -2.31. The number of ether oxygens (including phenoxy) is 2. The molecule has 2 aromatic carbocycles. The van der Waals surface area contributed by atoms with Crippen molar-refractivity contribution >= 4 is 0 Å². The van der Waals surface area contributed by atoms with Crippen LogP contribution >= 0.6 is 0 Å². The molecule has 0 amide bonds. The van der Waals surface area contributed by atoms with E-state index in [4.69, 9.17) is 9.47 Å². The van der Waals surface area contributed by atoms with Crippen molar-refractivity contribution in [3.63, 3.8) is 0 Å². The van der Waals surface area contributed by atoms with Crippen molar-refractivity contribution in [1.82, 2.24) is 0 Å². The number of rotatable bonds is 6. The summed E-state index contributed by atoms with van der Waals surface area (Å²) in [5, 5.41) is 9.96. The standard InChI is InChI=1S/C19H24O3/c1-19(2,3)18(20)14-22-17-11-9-16(10-12-17)21-13-15-7-5-4-6-8-15/h4-12,18,20H,13-14H2,1-3H3/t18-/m1/s1. The van der Waals surface area contributed by atoms with E-state index in [1.165, 1.54) is 0 Å². The van der Waals surface area contributed by atoms with Crippen LogP contribution in [-0.2, 0) is 6.61 Å². The second-order valence-corrected chi connectivity index (χ2v) is 6.44. The molecule has 22 heavy (non-hydrogen) atoms. The molecular formula is C19H24O3. The first kappa shape index (κ1) is 16.4. The highest BCUT2D eigenvalue weighted by atomic mass is 16.5. The maximum Gasteiger partial charge on any atom is 0.120 e. The molecule has 0 aliphatic rings. The Morgan fingerprint density at radius 1 is 0.864 bits per heavy atom. The summed E-state index contributed by atoms with van der Waals surface area (Å²) >= 11 is 0. The predicted molar refractivity (Wildman–Crippen MR) is 88.2 cm³/mol. The van der Waals surface area contributed by atoms with Gasteiger partial charge in [0.1, 0.15) is 24.7 Å². The van der Waals surface area contributed by atoms with Gasteiger partial charge in [-0.1, -0.05) is 51.1 Å². The van der Waals surface area contributed by atoms with Gasteiger partial charge in [-0.2, -0.15) is 0 Å². The maximum absolute atomic E-state index is 9.96. The molecule has 0 saturated carbocycles. The zero-order valence-electron chi connectivity index (χ0n) is 13.5. The molecule has 0 saturated heterocycles. The largest absolute Gasteiger partial charge is 0.491 e. The predicted octanol–water partition coefficient (Wildman–Crippen LogP) is 4.05. The van der Waals surface area contributed by atoms with Crippen LogP contribution in [0.4, 0.5) is 0 Å². The summed E-state index contributed by atoms with van der Waals surface area (Å²) in [6, 6.07) is 17.5. The van der Waals surface area contributed by atoms with Crippen LogP contribution in [0.25, 0.3) is 0 Å². The minimum absolute atomic E-state index is 0.182. The van der Waals surface area contributed by atoms with Gasteiger partial charge in [-0.25, -0.2) is 0 Å². The molecule has 0 radical (unpaired) electrons. The van der Waals surface area contributed by atoms with E-state index in [0.29, 0.717) is 6.61 Å². The van der Waals surface area contributed by atoms with Crippen LogP contribution < -0.4 is 9.47 Å². The molecule has 0 bridgehead atoms. The van der Waals surface area contributed by atoms with Gasteiger partial charge < -0.3 is 14.6 Å². The van der Waals surface area contributed by atoms with Crippen LogP contribution in [0.5, 0.6) is 11.5 Å². The van der Waals surface area contributed by atoms with Crippen molar-refractivity contribution in [2.75, 3.05) is 6.61 Å². The minimum atomic E-state index is -0.499. The normalized spacial score (nSPS) is 12.7. The van der Waals surface area contributed by atoms with Gasteiger partial charge in [0, 0.05) is 0 Å². The summed E-state index contributed by atoms with van der Waals surface area (Å²) in [5.41, 5.74) is 0.953. The molecular weight excluding hydrogens is 276 g/mol. The van der Waals surface area contributed by atoms with Gasteiger partial charge in [0.25, 0.3) is 0 Å². The summed E-state index contributed by atoms with van der Waals surface area (Å²) in [6.45, 7) is 6.79. The lowest BCUT2D eigenvalue weighted by atomic mass is 9.90. The van der Waals surface area contributed by atoms with Gasteiger partial charge in [0.05, 0.1) is 6.10 Å². The third kappa shape index (κ3) is 5.08. The Hall–Kier alpha value is -2.00. The fourth-order valence-corrected chi connectivity index (χ4v) is 1.80. The number of aliphatic hydroxyl groups excluding tert-OH is 1. The van der Waals surface area contributed by atoms with E-state index in [1.807, 2.05) is 75.4 Å². The Bertz CT molecular complexity index is 555. The highest BCUT2D eigenvalue weighted by Gasteiger charge is 2.22. The van der Waals surface area contributed by atoms with Crippen LogP contribution in [0.1, 0.15) is 26.3 Å². The Morgan fingerprint density at radius 3 is 1.95 bits per heavy atom. The third-order valence-electron chi connectivity index (χ3n) is 3.48. The third-order valence-corrected chi connectivity index (χ3v) is 3.48. The fourth-order valence-electron chi connectivity index (χ4n) is 1.80. The van der Waals surface area contributed by atoms with Crippen molar-refractivity contribution in [2.45, 2.75) is 33.5 Å². The molecule has 3 nitrogen and oxygen atoms in total. The second kappa shape index (κ2) is 7.32. The fraction of sp³-hybridized carbons (Fsp3) is 0.368. The SMILES string of the molecule is CC(C)(C)[C@H](O)COc1ccc(OCc2ccccc2)cc1. The molecule has 0 aliphatic carbocycles. The van der Waals surface area contributed by atoms with Gasteiger partial charge in [-0.3, -0.25) is 0 Å². The molecule has 0 aliphatic heterocycles. The molecule has 0 fully saturated rings. The molecule has 2 aromatic rings.